The molecule has 0 amide bonds. The van der Waals surface area contributed by atoms with Crippen LogP contribution in [0.1, 0.15) is 11.4 Å². The van der Waals surface area contributed by atoms with Gasteiger partial charge in [0.15, 0.2) is 5.69 Å². The van der Waals surface area contributed by atoms with Crippen LogP contribution in [-0.2, 0) is 12.7 Å². The summed E-state index contributed by atoms with van der Waals surface area (Å²) in [5, 5.41) is 3.86. The normalized spacial score (nSPS) is 11.9. The second-order valence-electron chi connectivity index (χ2n) is 3.81. The molecule has 0 saturated heterocycles. The highest BCUT2D eigenvalue weighted by Crippen LogP contribution is 2.33. The molecule has 1 heterocycles. The Kier molecular flexibility index (Phi) is 4.49. The molecule has 0 spiro atoms. The van der Waals surface area contributed by atoms with Gasteiger partial charge in [0.25, 0.3) is 0 Å². The van der Waals surface area contributed by atoms with Crippen molar-refractivity contribution < 1.29 is 13.2 Å². The summed E-state index contributed by atoms with van der Waals surface area (Å²) in [6, 6.07) is 5.50. The molecule has 1 aromatic heterocycles. The molecule has 20 heavy (non-hydrogen) atoms. The standard InChI is InChI=1S/C11H7Cl3F3N3/c12-7-2-1-3-8(10(7)13)20-6(5-18-14)4-9(19-20)11(15,16)17/h1-4,18H,5H2. The van der Waals surface area contributed by atoms with Crippen molar-refractivity contribution in [3.63, 3.8) is 0 Å². The van der Waals surface area contributed by atoms with Crippen LogP contribution in [0.15, 0.2) is 24.3 Å². The van der Waals surface area contributed by atoms with Gasteiger partial charge in [-0.3, -0.25) is 0 Å². The molecule has 3 nitrogen and oxygen atoms in total. The zero-order valence-corrected chi connectivity index (χ0v) is 11.9. The van der Waals surface area contributed by atoms with Gasteiger partial charge in [-0.1, -0.05) is 29.3 Å². The van der Waals surface area contributed by atoms with Crippen LogP contribution >= 0.6 is 35.0 Å². The molecular weight excluding hydrogens is 337 g/mol. The molecular formula is C11H7Cl3F3N3. The van der Waals surface area contributed by atoms with E-state index >= 15 is 0 Å². The number of hydrogen-bond donors (Lipinski definition) is 1. The predicted octanol–water partition coefficient (Wildman–Crippen LogP) is 4.44. The Bertz CT molecular complexity index is 625. The van der Waals surface area contributed by atoms with E-state index in [0.717, 1.165) is 10.7 Å². The molecule has 2 aromatic rings. The zero-order chi connectivity index (χ0) is 14.9. The third-order valence-electron chi connectivity index (χ3n) is 2.48. The van der Waals surface area contributed by atoms with E-state index in [9.17, 15) is 13.2 Å². The van der Waals surface area contributed by atoms with Crippen LogP contribution in [0.4, 0.5) is 13.2 Å². The number of aromatic nitrogens is 2. The third-order valence-corrected chi connectivity index (χ3v) is 3.42. The van der Waals surface area contributed by atoms with Gasteiger partial charge in [0.1, 0.15) is 0 Å². The highest BCUT2D eigenvalue weighted by Gasteiger charge is 2.35. The molecule has 2 rings (SSSR count). The highest BCUT2D eigenvalue weighted by molar-refractivity contribution is 6.43. The number of alkyl halides is 3. The van der Waals surface area contributed by atoms with Gasteiger partial charge in [0.2, 0.25) is 0 Å². The van der Waals surface area contributed by atoms with E-state index in [1.54, 1.807) is 6.07 Å². The lowest BCUT2D eigenvalue weighted by Gasteiger charge is -2.09. The van der Waals surface area contributed by atoms with Gasteiger partial charge in [-0.25, -0.2) is 9.52 Å². The third kappa shape index (κ3) is 3.03. The van der Waals surface area contributed by atoms with E-state index in [2.05, 4.69) is 9.93 Å². The van der Waals surface area contributed by atoms with E-state index < -0.39 is 11.9 Å². The fourth-order valence-electron chi connectivity index (χ4n) is 1.62. The van der Waals surface area contributed by atoms with Crippen molar-refractivity contribution in [2.45, 2.75) is 12.7 Å². The Balaban J connectivity index is 2.60. The molecule has 0 bridgehead atoms. The second-order valence-corrected chi connectivity index (χ2v) is 4.87. The topological polar surface area (TPSA) is 29.9 Å². The second kappa shape index (κ2) is 5.81. The fourth-order valence-corrected chi connectivity index (χ4v) is 2.13. The molecule has 0 aliphatic rings. The van der Waals surface area contributed by atoms with Gasteiger partial charge >= 0.3 is 6.18 Å². The summed E-state index contributed by atoms with van der Waals surface area (Å²) in [5.41, 5.74) is -0.580. The SMILES string of the molecule is FC(F)(F)c1cc(CNCl)n(-c2cccc(Cl)c2Cl)n1. The monoisotopic (exact) mass is 343 g/mol. The van der Waals surface area contributed by atoms with E-state index in [1.165, 1.54) is 12.1 Å². The van der Waals surface area contributed by atoms with E-state index in [4.69, 9.17) is 35.0 Å². The summed E-state index contributed by atoms with van der Waals surface area (Å²) < 4.78 is 39.2. The zero-order valence-electron chi connectivity index (χ0n) is 9.68. The number of hydrogen-bond acceptors (Lipinski definition) is 2. The van der Waals surface area contributed by atoms with E-state index in [1.807, 2.05) is 0 Å². The van der Waals surface area contributed by atoms with Crippen LogP contribution in [0.2, 0.25) is 10.0 Å². The van der Waals surface area contributed by atoms with Crippen molar-refractivity contribution >= 4 is 35.0 Å². The summed E-state index contributed by atoms with van der Waals surface area (Å²) in [6.07, 6.45) is -4.56. The first-order valence-corrected chi connectivity index (χ1v) is 6.42. The van der Waals surface area contributed by atoms with Gasteiger partial charge in [-0.15, -0.1) is 0 Å². The number of halogens is 6. The minimum absolute atomic E-state index is 0.0204. The first kappa shape index (κ1) is 15.4. The molecule has 9 heteroatoms. The van der Waals surface area contributed by atoms with Crippen LogP contribution in [-0.4, -0.2) is 9.78 Å². The molecule has 1 N–H and O–H groups in total. The van der Waals surface area contributed by atoms with Crippen molar-refractivity contribution in [1.29, 1.82) is 0 Å². The lowest BCUT2D eigenvalue weighted by atomic mass is 10.3. The first-order chi connectivity index (χ1) is 9.34. The average Bonchev–Trinajstić information content (AvgIpc) is 2.77. The van der Waals surface area contributed by atoms with E-state index in [0.29, 0.717) is 0 Å². The number of nitrogens with one attached hydrogen (secondary N) is 1. The smallest absolute Gasteiger partial charge is 0.234 e. The van der Waals surface area contributed by atoms with Crippen LogP contribution in [0, 0.1) is 0 Å². The maximum atomic E-state index is 12.7. The minimum atomic E-state index is -4.56. The van der Waals surface area contributed by atoms with Gasteiger partial charge in [0.05, 0.1) is 28.0 Å². The predicted molar refractivity (Wildman–Crippen MR) is 71.3 cm³/mol. The highest BCUT2D eigenvalue weighted by atomic mass is 35.5. The van der Waals surface area contributed by atoms with Gasteiger partial charge < -0.3 is 0 Å². The summed E-state index contributed by atoms with van der Waals surface area (Å²) >= 11 is 17.2. The number of rotatable bonds is 3. The van der Waals surface area contributed by atoms with Crippen molar-refractivity contribution in [3.05, 3.63) is 45.7 Å². The van der Waals surface area contributed by atoms with Crippen LogP contribution in [0.25, 0.3) is 5.69 Å². The Morgan fingerprint density at radius 1 is 1.25 bits per heavy atom. The molecule has 0 aliphatic carbocycles. The molecule has 0 saturated carbocycles. The molecule has 1 aromatic carbocycles. The lowest BCUT2D eigenvalue weighted by molar-refractivity contribution is -0.141. The Morgan fingerprint density at radius 2 is 1.95 bits per heavy atom. The minimum Gasteiger partial charge on any atom is -0.234 e. The van der Waals surface area contributed by atoms with Crippen molar-refractivity contribution in [2.24, 2.45) is 0 Å². The Labute approximate surface area is 127 Å². The molecule has 0 aliphatic heterocycles. The largest absolute Gasteiger partial charge is 0.435 e. The van der Waals surface area contributed by atoms with Crippen molar-refractivity contribution in [2.75, 3.05) is 0 Å². The van der Waals surface area contributed by atoms with Crippen molar-refractivity contribution in [1.82, 2.24) is 14.6 Å². The number of nitrogens with zero attached hydrogens (tertiary/aromatic N) is 2. The molecule has 108 valence electrons. The quantitative estimate of drug-likeness (QED) is 0.834. The fraction of sp³-hybridized carbons (Fsp3) is 0.182. The Hall–Kier alpha value is -0.950. The van der Waals surface area contributed by atoms with E-state index in [-0.39, 0.29) is 28.0 Å². The summed E-state index contributed by atoms with van der Waals surface area (Å²) in [7, 11) is 0. The summed E-state index contributed by atoms with van der Waals surface area (Å²) in [4.78, 5) is 2.26. The van der Waals surface area contributed by atoms with Gasteiger partial charge in [-0.05, 0) is 30.0 Å². The first-order valence-electron chi connectivity index (χ1n) is 5.28. The van der Waals surface area contributed by atoms with Crippen molar-refractivity contribution in [3.8, 4) is 5.69 Å². The van der Waals surface area contributed by atoms with Crippen LogP contribution in [0.3, 0.4) is 0 Å². The lowest BCUT2D eigenvalue weighted by Crippen LogP contribution is -2.09. The van der Waals surface area contributed by atoms with Gasteiger partial charge in [-0.2, -0.15) is 18.3 Å². The number of benzene rings is 1. The molecule has 0 radical (unpaired) electrons. The summed E-state index contributed by atoms with van der Waals surface area (Å²) in [5.74, 6) is 0. The van der Waals surface area contributed by atoms with Crippen LogP contribution in [0.5, 0.6) is 0 Å². The van der Waals surface area contributed by atoms with Crippen LogP contribution < -0.4 is 4.84 Å². The molecule has 0 atom stereocenters. The Morgan fingerprint density at radius 3 is 2.55 bits per heavy atom. The maximum Gasteiger partial charge on any atom is 0.435 e. The summed E-state index contributed by atoms with van der Waals surface area (Å²) in [6.45, 7) is -0.0204. The molecule has 0 unspecified atom stereocenters. The average molecular weight is 345 g/mol. The molecule has 0 fully saturated rings. The maximum absolute atomic E-state index is 12.7. The van der Waals surface area contributed by atoms with Gasteiger partial charge in [0, 0.05) is 0 Å².